The fourth-order valence-electron chi connectivity index (χ4n) is 2.48. The van der Waals surface area contributed by atoms with E-state index >= 15 is 0 Å². The summed E-state index contributed by atoms with van der Waals surface area (Å²) >= 11 is 6.08. The molecule has 0 saturated carbocycles. The minimum Gasteiger partial charge on any atom is -0.322 e. The van der Waals surface area contributed by atoms with Gasteiger partial charge in [0.1, 0.15) is 12.4 Å². The number of anilines is 1. The molecule has 1 N–H and O–H groups in total. The topological polar surface area (TPSA) is 64.7 Å². The van der Waals surface area contributed by atoms with Crippen molar-refractivity contribution in [1.29, 1.82) is 0 Å². The number of halogens is 2. The third kappa shape index (κ3) is 3.88. The number of aromatic nitrogens is 4. The zero-order valence-corrected chi connectivity index (χ0v) is 14.6. The fraction of sp³-hybridized carbons (Fsp3) is 0.235. The molecular formula is C17H17ClFN5O. The van der Waals surface area contributed by atoms with Crippen molar-refractivity contribution < 1.29 is 9.18 Å². The molecule has 2 aromatic heterocycles. The molecule has 3 rings (SSSR count). The molecule has 0 aliphatic carbocycles. The molecule has 1 aromatic carbocycles. The smallest absolute Gasteiger partial charge is 0.246 e. The van der Waals surface area contributed by atoms with Gasteiger partial charge in [0.05, 0.1) is 34.8 Å². The van der Waals surface area contributed by atoms with Crippen LogP contribution in [0.3, 0.4) is 0 Å². The van der Waals surface area contributed by atoms with Gasteiger partial charge in [0, 0.05) is 11.8 Å². The molecule has 0 aliphatic heterocycles. The van der Waals surface area contributed by atoms with Gasteiger partial charge in [-0.05, 0) is 19.9 Å². The Morgan fingerprint density at radius 3 is 2.76 bits per heavy atom. The van der Waals surface area contributed by atoms with E-state index in [0.717, 1.165) is 5.69 Å². The Hall–Kier alpha value is -2.67. The minimum atomic E-state index is -0.287. The van der Waals surface area contributed by atoms with E-state index in [-0.39, 0.29) is 24.8 Å². The highest BCUT2D eigenvalue weighted by Gasteiger charge is 2.13. The summed E-state index contributed by atoms with van der Waals surface area (Å²) in [5.41, 5.74) is 2.49. The normalized spacial score (nSPS) is 10.9. The third-order valence-electron chi connectivity index (χ3n) is 3.79. The Balaban J connectivity index is 1.64. The van der Waals surface area contributed by atoms with Crippen LogP contribution >= 0.6 is 11.6 Å². The van der Waals surface area contributed by atoms with Gasteiger partial charge in [0.15, 0.2) is 0 Å². The van der Waals surface area contributed by atoms with Crippen molar-refractivity contribution in [2.75, 3.05) is 5.32 Å². The molecule has 130 valence electrons. The lowest BCUT2D eigenvalue weighted by Gasteiger charge is -2.05. The first-order chi connectivity index (χ1) is 11.9. The van der Waals surface area contributed by atoms with Gasteiger partial charge in [-0.3, -0.25) is 14.2 Å². The second kappa shape index (κ2) is 7.06. The van der Waals surface area contributed by atoms with Gasteiger partial charge in [-0.1, -0.05) is 29.8 Å². The van der Waals surface area contributed by atoms with Crippen LogP contribution in [-0.2, 0) is 17.9 Å². The standard InChI is InChI=1S/C17H17ClFN5O/c1-11-17(18)12(2)24(22-11)10-16(25)21-14-7-20-23(9-14)8-13-5-3-4-6-15(13)19/h3-7,9H,8,10H2,1-2H3,(H,21,25). The van der Waals surface area contributed by atoms with E-state index < -0.39 is 0 Å². The molecule has 0 aliphatic rings. The number of nitrogens with one attached hydrogen (secondary N) is 1. The third-order valence-corrected chi connectivity index (χ3v) is 4.34. The van der Waals surface area contributed by atoms with Gasteiger partial charge >= 0.3 is 0 Å². The average Bonchev–Trinajstić information content (AvgIpc) is 3.10. The molecule has 0 radical (unpaired) electrons. The Labute approximate surface area is 149 Å². The average molecular weight is 362 g/mol. The summed E-state index contributed by atoms with van der Waals surface area (Å²) in [6, 6.07) is 6.51. The van der Waals surface area contributed by atoms with Crippen molar-refractivity contribution >= 4 is 23.2 Å². The fourth-order valence-corrected chi connectivity index (χ4v) is 2.62. The van der Waals surface area contributed by atoms with Crippen molar-refractivity contribution in [1.82, 2.24) is 19.6 Å². The first-order valence-corrected chi connectivity index (χ1v) is 8.07. The highest BCUT2D eigenvalue weighted by Crippen LogP contribution is 2.19. The van der Waals surface area contributed by atoms with E-state index in [1.807, 2.05) is 6.92 Å². The van der Waals surface area contributed by atoms with Crippen molar-refractivity contribution in [2.24, 2.45) is 0 Å². The molecule has 25 heavy (non-hydrogen) atoms. The number of hydrogen-bond acceptors (Lipinski definition) is 3. The number of amides is 1. The maximum Gasteiger partial charge on any atom is 0.246 e. The van der Waals surface area contributed by atoms with Crippen LogP contribution in [-0.4, -0.2) is 25.5 Å². The number of nitrogens with zero attached hydrogens (tertiary/aromatic N) is 4. The van der Waals surface area contributed by atoms with Gasteiger partial charge in [-0.2, -0.15) is 10.2 Å². The quantitative estimate of drug-likeness (QED) is 0.759. The lowest BCUT2D eigenvalue weighted by molar-refractivity contribution is -0.116. The predicted octanol–water partition coefficient (Wildman–Crippen LogP) is 3.18. The monoisotopic (exact) mass is 361 g/mol. The summed E-state index contributed by atoms with van der Waals surface area (Å²) < 4.78 is 16.8. The van der Waals surface area contributed by atoms with Gasteiger partial charge in [0.2, 0.25) is 5.91 Å². The summed E-state index contributed by atoms with van der Waals surface area (Å²) in [6.07, 6.45) is 3.17. The van der Waals surface area contributed by atoms with Crippen LogP contribution in [0.25, 0.3) is 0 Å². The first kappa shape index (κ1) is 17.2. The SMILES string of the molecule is Cc1nn(CC(=O)Nc2cnn(Cc3ccccc3F)c2)c(C)c1Cl. The molecule has 1 amide bonds. The van der Waals surface area contributed by atoms with Gasteiger partial charge in [-0.25, -0.2) is 4.39 Å². The van der Waals surface area contributed by atoms with E-state index in [1.165, 1.54) is 12.3 Å². The Morgan fingerprint density at radius 2 is 2.08 bits per heavy atom. The number of carbonyl (C=O) groups is 1. The number of hydrogen-bond donors (Lipinski definition) is 1. The largest absolute Gasteiger partial charge is 0.322 e. The number of benzene rings is 1. The summed E-state index contributed by atoms with van der Waals surface area (Å²) in [6.45, 7) is 3.94. The van der Waals surface area contributed by atoms with Gasteiger partial charge in [0.25, 0.3) is 0 Å². The van der Waals surface area contributed by atoms with Crippen LogP contribution in [0.1, 0.15) is 17.0 Å². The summed E-state index contributed by atoms with van der Waals surface area (Å²) in [4.78, 5) is 12.2. The van der Waals surface area contributed by atoms with E-state index in [0.29, 0.717) is 22.0 Å². The van der Waals surface area contributed by atoms with E-state index in [9.17, 15) is 9.18 Å². The molecule has 6 nitrogen and oxygen atoms in total. The van der Waals surface area contributed by atoms with Crippen LogP contribution in [0.15, 0.2) is 36.7 Å². The van der Waals surface area contributed by atoms with Gasteiger partial charge < -0.3 is 5.32 Å². The van der Waals surface area contributed by atoms with Gasteiger partial charge in [-0.15, -0.1) is 0 Å². The zero-order valence-electron chi connectivity index (χ0n) is 13.8. The highest BCUT2D eigenvalue weighted by molar-refractivity contribution is 6.31. The van der Waals surface area contributed by atoms with E-state index in [2.05, 4.69) is 15.5 Å². The van der Waals surface area contributed by atoms with Crippen LogP contribution in [0.5, 0.6) is 0 Å². The molecule has 0 saturated heterocycles. The van der Waals surface area contributed by atoms with Crippen LogP contribution in [0.2, 0.25) is 5.02 Å². The number of rotatable bonds is 5. The van der Waals surface area contributed by atoms with Crippen molar-refractivity contribution in [3.63, 3.8) is 0 Å². The molecule has 0 bridgehead atoms. The highest BCUT2D eigenvalue weighted by atomic mass is 35.5. The lowest BCUT2D eigenvalue weighted by atomic mass is 10.2. The molecule has 0 fully saturated rings. The maximum absolute atomic E-state index is 13.7. The predicted molar refractivity (Wildman–Crippen MR) is 93.1 cm³/mol. The molecule has 0 spiro atoms. The zero-order chi connectivity index (χ0) is 18.0. The Morgan fingerprint density at radius 1 is 1.32 bits per heavy atom. The summed E-state index contributed by atoms with van der Waals surface area (Å²) in [5.74, 6) is -0.530. The van der Waals surface area contributed by atoms with Crippen LogP contribution < -0.4 is 5.32 Å². The van der Waals surface area contributed by atoms with Crippen molar-refractivity contribution in [2.45, 2.75) is 26.9 Å². The molecule has 2 heterocycles. The van der Waals surface area contributed by atoms with Crippen molar-refractivity contribution in [3.8, 4) is 0 Å². The second-order valence-corrected chi connectivity index (χ2v) is 6.09. The number of carbonyl (C=O) groups excluding carboxylic acids is 1. The second-order valence-electron chi connectivity index (χ2n) is 5.71. The maximum atomic E-state index is 13.7. The molecule has 0 atom stereocenters. The summed E-state index contributed by atoms with van der Waals surface area (Å²) in [5, 5.41) is 11.7. The molecule has 0 unspecified atom stereocenters. The van der Waals surface area contributed by atoms with E-state index in [4.69, 9.17) is 11.6 Å². The van der Waals surface area contributed by atoms with E-state index in [1.54, 1.807) is 40.7 Å². The summed E-state index contributed by atoms with van der Waals surface area (Å²) in [7, 11) is 0. The van der Waals surface area contributed by atoms with Crippen LogP contribution in [0, 0.1) is 19.7 Å². The molecule has 3 aromatic rings. The lowest BCUT2D eigenvalue weighted by Crippen LogP contribution is -2.20. The Kier molecular flexibility index (Phi) is 4.85. The van der Waals surface area contributed by atoms with Crippen LogP contribution in [0.4, 0.5) is 10.1 Å². The minimum absolute atomic E-state index is 0.0535. The molecule has 8 heteroatoms. The number of aryl methyl sites for hydroxylation is 1. The molecular weight excluding hydrogens is 345 g/mol. The Bertz CT molecular complexity index is 918. The first-order valence-electron chi connectivity index (χ1n) is 7.69. The van der Waals surface area contributed by atoms with Crippen molar-refractivity contribution in [3.05, 3.63) is 64.5 Å².